The van der Waals surface area contributed by atoms with E-state index >= 15 is 0 Å². The minimum absolute atomic E-state index is 0.355. The minimum Gasteiger partial charge on any atom is -0.382 e. The van der Waals surface area contributed by atoms with Gasteiger partial charge in [0.15, 0.2) is 0 Å². The number of rotatable bonds is 1. The summed E-state index contributed by atoms with van der Waals surface area (Å²) in [6.07, 6.45) is 0. The summed E-state index contributed by atoms with van der Waals surface area (Å²) >= 11 is 5.85. The SMILES string of the molecule is NCc1ccc2cc(Cl)c(N)nc2c1. The van der Waals surface area contributed by atoms with Gasteiger partial charge in [-0.3, -0.25) is 0 Å². The van der Waals surface area contributed by atoms with Crippen LogP contribution in [0.1, 0.15) is 5.56 Å². The van der Waals surface area contributed by atoms with Crippen molar-refractivity contribution in [2.45, 2.75) is 6.54 Å². The van der Waals surface area contributed by atoms with Crippen LogP contribution < -0.4 is 11.5 Å². The molecular weight excluding hydrogens is 198 g/mol. The first-order chi connectivity index (χ1) is 6.70. The number of nitrogen functional groups attached to an aromatic ring is 1. The second kappa shape index (κ2) is 3.44. The maximum Gasteiger partial charge on any atom is 0.142 e. The summed E-state index contributed by atoms with van der Waals surface area (Å²) in [4.78, 5) is 4.17. The Labute approximate surface area is 86.7 Å². The van der Waals surface area contributed by atoms with Gasteiger partial charge in [-0.05, 0) is 17.7 Å². The molecule has 2 aromatic rings. The van der Waals surface area contributed by atoms with E-state index in [0.717, 1.165) is 16.5 Å². The van der Waals surface area contributed by atoms with Gasteiger partial charge in [0.1, 0.15) is 5.82 Å². The van der Waals surface area contributed by atoms with E-state index in [1.54, 1.807) is 6.07 Å². The van der Waals surface area contributed by atoms with E-state index in [1.165, 1.54) is 0 Å². The highest BCUT2D eigenvalue weighted by Crippen LogP contribution is 2.23. The highest BCUT2D eigenvalue weighted by molar-refractivity contribution is 6.33. The van der Waals surface area contributed by atoms with Gasteiger partial charge in [-0.25, -0.2) is 4.98 Å². The Balaban J connectivity index is 2.70. The maximum absolute atomic E-state index is 5.85. The van der Waals surface area contributed by atoms with Gasteiger partial charge in [-0.2, -0.15) is 0 Å². The van der Waals surface area contributed by atoms with Crippen molar-refractivity contribution in [3.8, 4) is 0 Å². The number of nitrogens with zero attached hydrogens (tertiary/aromatic N) is 1. The van der Waals surface area contributed by atoms with Crippen LogP contribution in [0, 0.1) is 0 Å². The third kappa shape index (κ3) is 1.52. The van der Waals surface area contributed by atoms with Crippen LogP contribution in [-0.2, 0) is 6.54 Å². The van der Waals surface area contributed by atoms with Gasteiger partial charge < -0.3 is 11.5 Å². The molecule has 0 amide bonds. The fourth-order valence-corrected chi connectivity index (χ4v) is 1.49. The van der Waals surface area contributed by atoms with E-state index in [2.05, 4.69) is 4.98 Å². The molecule has 0 aliphatic rings. The molecule has 0 unspecified atom stereocenters. The van der Waals surface area contributed by atoms with Crippen molar-refractivity contribution < 1.29 is 0 Å². The van der Waals surface area contributed by atoms with Crippen LogP contribution in [0.5, 0.6) is 0 Å². The van der Waals surface area contributed by atoms with Gasteiger partial charge in [0.25, 0.3) is 0 Å². The molecule has 4 N–H and O–H groups in total. The summed E-state index contributed by atoms with van der Waals surface area (Å²) in [5, 5.41) is 1.46. The smallest absolute Gasteiger partial charge is 0.142 e. The average molecular weight is 208 g/mol. The van der Waals surface area contributed by atoms with Crippen molar-refractivity contribution in [1.82, 2.24) is 4.98 Å². The number of pyridine rings is 1. The molecule has 0 saturated heterocycles. The number of fused-ring (bicyclic) bond motifs is 1. The molecule has 1 heterocycles. The first-order valence-corrected chi connectivity index (χ1v) is 4.63. The molecule has 4 heteroatoms. The normalized spacial score (nSPS) is 10.7. The molecule has 0 aliphatic carbocycles. The summed E-state index contributed by atoms with van der Waals surface area (Å²) in [7, 11) is 0. The van der Waals surface area contributed by atoms with Crippen LogP contribution in [0.25, 0.3) is 10.9 Å². The lowest BCUT2D eigenvalue weighted by Gasteiger charge is -2.03. The molecule has 0 radical (unpaired) electrons. The topological polar surface area (TPSA) is 64.9 Å². The molecule has 0 bridgehead atoms. The van der Waals surface area contributed by atoms with Gasteiger partial charge >= 0.3 is 0 Å². The summed E-state index contributed by atoms with van der Waals surface area (Å²) in [6.45, 7) is 0.500. The second-order valence-corrected chi connectivity index (χ2v) is 3.49. The molecular formula is C10H10ClN3. The number of nitrogens with two attached hydrogens (primary N) is 2. The summed E-state index contributed by atoms with van der Waals surface area (Å²) in [5.41, 5.74) is 13.0. The van der Waals surface area contributed by atoms with Gasteiger partial charge in [-0.15, -0.1) is 0 Å². The number of anilines is 1. The fraction of sp³-hybridized carbons (Fsp3) is 0.100. The van der Waals surface area contributed by atoms with Gasteiger partial charge in [0.05, 0.1) is 10.5 Å². The summed E-state index contributed by atoms with van der Waals surface area (Å²) < 4.78 is 0. The molecule has 0 aliphatic heterocycles. The molecule has 0 saturated carbocycles. The fourth-order valence-electron chi connectivity index (χ4n) is 1.33. The van der Waals surface area contributed by atoms with Crippen LogP contribution in [0.2, 0.25) is 5.02 Å². The molecule has 0 fully saturated rings. The highest BCUT2D eigenvalue weighted by atomic mass is 35.5. The van der Waals surface area contributed by atoms with Crippen LogP contribution >= 0.6 is 11.6 Å². The number of aromatic nitrogens is 1. The number of hydrogen-bond acceptors (Lipinski definition) is 3. The zero-order valence-corrected chi connectivity index (χ0v) is 8.25. The standard InChI is InChI=1S/C10H10ClN3/c11-8-4-7-2-1-6(5-12)3-9(7)14-10(8)13/h1-4H,5,12H2,(H2,13,14). The number of halogens is 1. The van der Waals surface area contributed by atoms with E-state index in [1.807, 2.05) is 18.2 Å². The average Bonchev–Trinajstić information content (AvgIpc) is 2.19. The Morgan fingerprint density at radius 2 is 2.07 bits per heavy atom. The molecule has 0 atom stereocenters. The van der Waals surface area contributed by atoms with Gasteiger partial charge in [0.2, 0.25) is 0 Å². The lowest BCUT2D eigenvalue weighted by atomic mass is 10.1. The maximum atomic E-state index is 5.85. The number of benzene rings is 1. The predicted molar refractivity (Wildman–Crippen MR) is 59.1 cm³/mol. The Hall–Kier alpha value is -1.32. The lowest BCUT2D eigenvalue weighted by molar-refractivity contribution is 1.07. The van der Waals surface area contributed by atoms with Crippen LogP contribution in [0.3, 0.4) is 0 Å². The zero-order chi connectivity index (χ0) is 10.1. The van der Waals surface area contributed by atoms with E-state index in [4.69, 9.17) is 23.1 Å². The van der Waals surface area contributed by atoms with Gasteiger partial charge in [0, 0.05) is 11.9 Å². The quantitative estimate of drug-likeness (QED) is 0.751. The summed E-state index contributed by atoms with van der Waals surface area (Å²) in [6, 6.07) is 7.62. The predicted octanol–water partition coefficient (Wildman–Crippen LogP) is 1.93. The molecule has 3 nitrogen and oxygen atoms in total. The molecule has 72 valence electrons. The van der Waals surface area contributed by atoms with Crippen molar-refractivity contribution >= 4 is 28.3 Å². The zero-order valence-electron chi connectivity index (χ0n) is 7.50. The molecule has 2 rings (SSSR count). The largest absolute Gasteiger partial charge is 0.382 e. The number of hydrogen-bond donors (Lipinski definition) is 2. The molecule has 1 aromatic heterocycles. The monoisotopic (exact) mass is 207 g/mol. The third-order valence-corrected chi connectivity index (χ3v) is 2.40. The minimum atomic E-state index is 0.355. The van der Waals surface area contributed by atoms with Gasteiger partial charge in [-0.1, -0.05) is 23.7 Å². The van der Waals surface area contributed by atoms with Crippen LogP contribution in [-0.4, -0.2) is 4.98 Å². The highest BCUT2D eigenvalue weighted by Gasteiger charge is 2.01. The second-order valence-electron chi connectivity index (χ2n) is 3.09. The molecule has 14 heavy (non-hydrogen) atoms. The van der Waals surface area contributed by atoms with E-state index < -0.39 is 0 Å². The first kappa shape index (κ1) is 9.24. The van der Waals surface area contributed by atoms with Crippen molar-refractivity contribution in [3.05, 3.63) is 34.9 Å². The molecule has 0 spiro atoms. The van der Waals surface area contributed by atoms with E-state index in [0.29, 0.717) is 17.4 Å². The Kier molecular flexibility index (Phi) is 2.27. The Bertz CT molecular complexity index is 482. The third-order valence-electron chi connectivity index (χ3n) is 2.10. The Morgan fingerprint density at radius 1 is 1.29 bits per heavy atom. The van der Waals surface area contributed by atoms with E-state index in [-0.39, 0.29) is 0 Å². The van der Waals surface area contributed by atoms with Crippen molar-refractivity contribution in [2.24, 2.45) is 5.73 Å². The van der Waals surface area contributed by atoms with E-state index in [9.17, 15) is 0 Å². The summed E-state index contributed by atoms with van der Waals surface area (Å²) in [5.74, 6) is 0.355. The lowest BCUT2D eigenvalue weighted by Crippen LogP contribution is -1.97. The molecule has 1 aromatic carbocycles. The van der Waals surface area contributed by atoms with Crippen LogP contribution in [0.4, 0.5) is 5.82 Å². The Morgan fingerprint density at radius 3 is 2.79 bits per heavy atom. The van der Waals surface area contributed by atoms with Crippen LogP contribution in [0.15, 0.2) is 24.3 Å². The first-order valence-electron chi connectivity index (χ1n) is 4.25. The van der Waals surface area contributed by atoms with Crippen molar-refractivity contribution in [3.63, 3.8) is 0 Å². The van der Waals surface area contributed by atoms with Crippen molar-refractivity contribution in [2.75, 3.05) is 5.73 Å². The van der Waals surface area contributed by atoms with Crippen molar-refractivity contribution in [1.29, 1.82) is 0 Å².